The van der Waals surface area contributed by atoms with Crippen LogP contribution in [0.5, 0.6) is 0 Å². The van der Waals surface area contributed by atoms with Gasteiger partial charge in [-0.3, -0.25) is 9.59 Å². The van der Waals surface area contributed by atoms with Gasteiger partial charge >= 0.3 is 0 Å². The summed E-state index contributed by atoms with van der Waals surface area (Å²) in [6.07, 6.45) is 1.40. The van der Waals surface area contributed by atoms with Crippen molar-refractivity contribution >= 4 is 5.91 Å². The molecule has 1 N–H and O–H groups in total. The van der Waals surface area contributed by atoms with Crippen molar-refractivity contribution in [3.8, 4) is 0 Å². The summed E-state index contributed by atoms with van der Waals surface area (Å²) < 4.78 is 4.93. The summed E-state index contributed by atoms with van der Waals surface area (Å²) in [4.78, 5) is 26.9. The number of amides is 1. The van der Waals surface area contributed by atoms with Crippen molar-refractivity contribution < 1.29 is 9.32 Å². The zero-order chi connectivity index (χ0) is 13.1. The van der Waals surface area contributed by atoms with Gasteiger partial charge in [-0.2, -0.15) is 0 Å². The number of hydrogen-bond donors (Lipinski definition) is 1. The Morgan fingerprint density at radius 3 is 2.83 bits per heavy atom. The number of carbonyl (C=O) groups excluding carboxylic acids is 1. The fourth-order valence-corrected chi connectivity index (χ4v) is 1.57. The number of hydrogen-bond acceptors (Lipinski definition) is 4. The number of rotatable bonds is 3. The van der Waals surface area contributed by atoms with Crippen LogP contribution in [0.1, 0.15) is 21.8 Å². The average Bonchev–Trinajstić information content (AvgIpc) is 2.75. The van der Waals surface area contributed by atoms with E-state index in [4.69, 9.17) is 4.52 Å². The van der Waals surface area contributed by atoms with Gasteiger partial charge in [0.25, 0.3) is 5.91 Å². The second-order valence-corrected chi connectivity index (χ2v) is 4.03. The van der Waals surface area contributed by atoms with Crippen LogP contribution in [0.15, 0.2) is 33.7 Å². The number of nitrogens with one attached hydrogen (secondary N) is 1. The van der Waals surface area contributed by atoms with Crippen LogP contribution in [0.2, 0.25) is 0 Å². The fraction of sp³-hybridized carbons (Fsp3) is 0.250. The van der Waals surface area contributed by atoms with Crippen molar-refractivity contribution in [1.82, 2.24) is 15.0 Å². The number of nitrogens with zero attached hydrogens (tertiary/aromatic N) is 2. The largest absolute Gasteiger partial charge is 0.361 e. The SMILES string of the molecule is Cc1cc(CN(C)C(=O)c2ccc(=O)[nH]c2)no1. The van der Waals surface area contributed by atoms with Crippen LogP contribution in [0.25, 0.3) is 0 Å². The number of pyridine rings is 1. The lowest BCUT2D eigenvalue weighted by molar-refractivity contribution is 0.0781. The van der Waals surface area contributed by atoms with Crippen molar-refractivity contribution in [2.45, 2.75) is 13.5 Å². The standard InChI is InChI=1S/C12H13N3O3/c1-8-5-10(14-18-8)7-15(2)12(17)9-3-4-11(16)13-6-9/h3-6H,7H2,1-2H3,(H,13,16). The van der Waals surface area contributed by atoms with Gasteiger partial charge < -0.3 is 14.4 Å². The third-order valence-corrected chi connectivity index (χ3v) is 2.45. The molecular weight excluding hydrogens is 234 g/mol. The summed E-state index contributed by atoms with van der Waals surface area (Å²) >= 11 is 0. The van der Waals surface area contributed by atoms with Crippen LogP contribution in [-0.4, -0.2) is 28.0 Å². The van der Waals surface area contributed by atoms with Crippen LogP contribution in [-0.2, 0) is 6.54 Å². The topological polar surface area (TPSA) is 79.2 Å². The van der Waals surface area contributed by atoms with Crippen LogP contribution in [0, 0.1) is 6.92 Å². The molecule has 6 heteroatoms. The molecule has 2 rings (SSSR count). The molecule has 0 fully saturated rings. The lowest BCUT2D eigenvalue weighted by Gasteiger charge is -2.15. The normalized spacial score (nSPS) is 10.3. The molecule has 0 unspecified atom stereocenters. The van der Waals surface area contributed by atoms with Crippen molar-refractivity contribution in [2.75, 3.05) is 7.05 Å². The molecule has 0 spiro atoms. The zero-order valence-electron chi connectivity index (χ0n) is 10.1. The van der Waals surface area contributed by atoms with Gasteiger partial charge in [0.2, 0.25) is 5.56 Å². The van der Waals surface area contributed by atoms with Gasteiger partial charge in [-0.1, -0.05) is 5.16 Å². The van der Waals surface area contributed by atoms with Gasteiger partial charge in [-0.15, -0.1) is 0 Å². The van der Waals surface area contributed by atoms with Gasteiger partial charge in [-0.25, -0.2) is 0 Å². The van der Waals surface area contributed by atoms with Crippen LogP contribution >= 0.6 is 0 Å². The molecule has 6 nitrogen and oxygen atoms in total. The summed E-state index contributed by atoms with van der Waals surface area (Å²) in [6.45, 7) is 2.15. The molecule has 18 heavy (non-hydrogen) atoms. The van der Waals surface area contributed by atoms with Gasteiger partial charge in [0.1, 0.15) is 11.5 Å². The number of carbonyl (C=O) groups is 1. The fourth-order valence-electron chi connectivity index (χ4n) is 1.57. The highest BCUT2D eigenvalue weighted by Gasteiger charge is 2.13. The highest BCUT2D eigenvalue weighted by Crippen LogP contribution is 2.07. The van der Waals surface area contributed by atoms with Gasteiger partial charge in [0.05, 0.1) is 12.1 Å². The molecule has 0 aliphatic carbocycles. The minimum atomic E-state index is -0.235. The van der Waals surface area contributed by atoms with Crippen LogP contribution in [0.3, 0.4) is 0 Å². The maximum atomic E-state index is 12.0. The molecule has 2 aromatic rings. The molecule has 2 heterocycles. The van der Waals surface area contributed by atoms with Crippen molar-refractivity contribution in [3.05, 3.63) is 51.8 Å². The molecule has 2 aromatic heterocycles. The second kappa shape index (κ2) is 4.87. The Balaban J connectivity index is 2.09. The molecule has 0 aromatic carbocycles. The molecule has 0 radical (unpaired) electrons. The minimum absolute atomic E-state index is 0.188. The van der Waals surface area contributed by atoms with Crippen molar-refractivity contribution in [1.29, 1.82) is 0 Å². The first-order valence-electron chi connectivity index (χ1n) is 5.42. The van der Waals surface area contributed by atoms with E-state index in [1.165, 1.54) is 23.2 Å². The summed E-state index contributed by atoms with van der Waals surface area (Å²) in [7, 11) is 1.66. The maximum Gasteiger partial charge on any atom is 0.255 e. The van der Waals surface area contributed by atoms with Crippen molar-refractivity contribution in [2.24, 2.45) is 0 Å². The number of aryl methyl sites for hydroxylation is 1. The molecule has 1 amide bonds. The number of aromatic nitrogens is 2. The summed E-state index contributed by atoms with van der Waals surface area (Å²) in [5.74, 6) is 0.516. The van der Waals surface area contributed by atoms with E-state index in [0.717, 1.165) is 0 Å². The molecule has 0 bridgehead atoms. The first-order valence-corrected chi connectivity index (χ1v) is 5.42. The van der Waals surface area contributed by atoms with Crippen LogP contribution < -0.4 is 5.56 Å². The smallest absolute Gasteiger partial charge is 0.255 e. The molecule has 0 saturated heterocycles. The summed E-state index contributed by atoms with van der Waals surface area (Å²) in [5, 5.41) is 3.82. The Kier molecular flexibility index (Phi) is 3.27. The lowest BCUT2D eigenvalue weighted by atomic mass is 10.2. The maximum absolute atomic E-state index is 12.0. The Bertz CT molecular complexity index is 595. The highest BCUT2D eigenvalue weighted by atomic mass is 16.5. The predicted octanol–water partition coefficient (Wildman–Crippen LogP) is 0.944. The Labute approximate surface area is 103 Å². The second-order valence-electron chi connectivity index (χ2n) is 4.03. The van der Waals surface area contributed by atoms with Gasteiger partial charge in [0.15, 0.2) is 0 Å². The summed E-state index contributed by atoms with van der Waals surface area (Å²) in [5.41, 5.74) is 0.881. The number of H-pyrrole nitrogens is 1. The van der Waals surface area contributed by atoms with Crippen LogP contribution in [0.4, 0.5) is 0 Å². The van der Waals surface area contributed by atoms with E-state index in [-0.39, 0.29) is 11.5 Å². The molecular formula is C12H13N3O3. The molecule has 94 valence electrons. The van der Waals surface area contributed by atoms with E-state index >= 15 is 0 Å². The molecule has 0 saturated carbocycles. The highest BCUT2D eigenvalue weighted by molar-refractivity contribution is 5.93. The lowest BCUT2D eigenvalue weighted by Crippen LogP contribution is -2.27. The van der Waals surface area contributed by atoms with Gasteiger partial charge in [-0.05, 0) is 13.0 Å². The molecule has 0 aliphatic rings. The Hall–Kier alpha value is -2.37. The zero-order valence-corrected chi connectivity index (χ0v) is 10.1. The van der Waals surface area contributed by atoms with E-state index in [9.17, 15) is 9.59 Å². The minimum Gasteiger partial charge on any atom is -0.361 e. The monoisotopic (exact) mass is 247 g/mol. The van der Waals surface area contributed by atoms with E-state index in [1.807, 2.05) is 0 Å². The number of aromatic amines is 1. The Morgan fingerprint density at radius 2 is 2.28 bits per heavy atom. The van der Waals surface area contributed by atoms with E-state index in [2.05, 4.69) is 10.1 Å². The molecule has 0 aliphatic heterocycles. The van der Waals surface area contributed by atoms with Crippen molar-refractivity contribution in [3.63, 3.8) is 0 Å². The average molecular weight is 247 g/mol. The summed E-state index contributed by atoms with van der Waals surface area (Å²) in [6, 6.07) is 4.59. The first kappa shape index (κ1) is 12.1. The quantitative estimate of drug-likeness (QED) is 0.875. The van der Waals surface area contributed by atoms with E-state index in [0.29, 0.717) is 23.6 Å². The third-order valence-electron chi connectivity index (χ3n) is 2.45. The third kappa shape index (κ3) is 2.65. The molecule has 0 atom stereocenters. The van der Waals surface area contributed by atoms with E-state index < -0.39 is 0 Å². The van der Waals surface area contributed by atoms with E-state index in [1.54, 1.807) is 20.0 Å². The van der Waals surface area contributed by atoms with Gasteiger partial charge in [0, 0.05) is 25.4 Å². The predicted molar refractivity (Wildman–Crippen MR) is 64.1 cm³/mol. The Morgan fingerprint density at radius 1 is 1.50 bits per heavy atom. The first-order chi connectivity index (χ1) is 8.56.